The number of aryl methyl sites for hydroxylation is 1. The Kier molecular flexibility index (Phi) is 3.74. The van der Waals surface area contributed by atoms with Crippen molar-refractivity contribution < 1.29 is 9.26 Å². The second kappa shape index (κ2) is 5.33. The van der Waals surface area contributed by atoms with Crippen LogP contribution in [-0.2, 0) is 7.05 Å². The zero-order valence-electron chi connectivity index (χ0n) is 12.7. The predicted molar refractivity (Wildman–Crippen MR) is 82.0 cm³/mol. The molecule has 0 saturated heterocycles. The maximum absolute atomic E-state index is 4.17. The van der Waals surface area contributed by atoms with Gasteiger partial charge in [-0.25, -0.2) is 0 Å². The summed E-state index contributed by atoms with van der Waals surface area (Å²) < 4.78 is 7.87. The van der Waals surface area contributed by atoms with Gasteiger partial charge in [-0.1, -0.05) is 12.1 Å². The minimum absolute atomic E-state index is 1.08. The molecule has 0 aromatic carbocycles. The topological polar surface area (TPSA) is 15.9 Å². The van der Waals surface area contributed by atoms with Crippen molar-refractivity contribution in [2.24, 2.45) is 7.05 Å². The fourth-order valence-electron chi connectivity index (χ4n) is 2.20. The highest BCUT2D eigenvalue weighted by atomic mass is 15.5. The molecule has 0 N–H and O–H groups in total. The molecule has 0 atom stereocenters. The van der Waals surface area contributed by atoms with E-state index < -0.39 is 0 Å². The highest BCUT2D eigenvalue weighted by Crippen LogP contribution is 2.20. The van der Waals surface area contributed by atoms with Crippen LogP contribution in [0.1, 0.15) is 25.2 Å². The first-order chi connectivity index (χ1) is 9.43. The summed E-state index contributed by atoms with van der Waals surface area (Å²) >= 11 is 0. The van der Waals surface area contributed by atoms with Crippen LogP contribution >= 0.6 is 0 Å². The van der Waals surface area contributed by atoms with Crippen LogP contribution in [0.4, 0.5) is 0 Å². The van der Waals surface area contributed by atoms with E-state index in [-0.39, 0.29) is 0 Å². The van der Waals surface area contributed by atoms with Crippen molar-refractivity contribution in [1.29, 1.82) is 0 Å². The van der Waals surface area contributed by atoms with Gasteiger partial charge in [0.05, 0.1) is 18.6 Å². The van der Waals surface area contributed by atoms with Crippen molar-refractivity contribution in [2.75, 3.05) is 7.05 Å². The molecule has 0 amide bonds. The second-order valence-corrected chi connectivity index (χ2v) is 5.01. The summed E-state index contributed by atoms with van der Waals surface area (Å²) in [5.41, 5.74) is 2.21. The normalized spacial score (nSPS) is 10.4. The van der Waals surface area contributed by atoms with E-state index in [0.717, 1.165) is 23.5 Å². The average Bonchev–Trinajstić information content (AvgIpc) is 3.04. The van der Waals surface area contributed by atoms with E-state index in [1.54, 1.807) is 0 Å². The van der Waals surface area contributed by atoms with Gasteiger partial charge >= 0.3 is 0 Å². The van der Waals surface area contributed by atoms with Crippen LogP contribution in [0.3, 0.4) is 0 Å². The first-order valence-electron chi connectivity index (χ1n) is 6.55. The van der Waals surface area contributed by atoms with Gasteiger partial charge in [-0.3, -0.25) is 0 Å². The van der Waals surface area contributed by atoms with Gasteiger partial charge in [-0.2, -0.15) is 9.36 Å². The van der Waals surface area contributed by atoms with Crippen LogP contribution in [0.5, 0.6) is 0 Å². The third-order valence-corrected chi connectivity index (χ3v) is 3.63. The van der Waals surface area contributed by atoms with Crippen LogP contribution in [0, 0.1) is 12.1 Å². The van der Waals surface area contributed by atoms with E-state index in [1.807, 2.05) is 59.5 Å². The number of hydrogen-bond donors (Lipinski definition) is 0. The molecule has 4 heteroatoms. The van der Waals surface area contributed by atoms with E-state index in [9.17, 15) is 0 Å². The number of hydrogen-bond acceptors (Lipinski definition) is 0. The predicted octanol–water partition coefficient (Wildman–Crippen LogP) is 2.15. The molecule has 0 saturated carbocycles. The fourth-order valence-corrected chi connectivity index (χ4v) is 2.20. The first kappa shape index (κ1) is 14.1. The van der Waals surface area contributed by atoms with Crippen LogP contribution in [0.2, 0.25) is 0 Å². The molecule has 0 bridgehead atoms. The summed E-state index contributed by atoms with van der Waals surface area (Å²) in [6.45, 7) is 12.2. The largest absolute Gasteiger partial charge is 0.369 e. The van der Waals surface area contributed by atoms with Crippen molar-refractivity contribution in [3.63, 3.8) is 0 Å². The molecule has 0 aliphatic carbocycles. The maximum atomic E-state index is 4.17. The van der Waals surface area contributed by atoms with Gasteiger partial charge in [0.2, 0.25) is 0 Å². The van der Waals surface area contributed by atoms with Gasteiger partial charge in [-0.15, -0.1) is 12.1 Å². The van der Waals surface area contributed by atoms with Gasteiger partial charge in [0, 0.05) is 19.5 Å². The lowest BCUT2D eigenvalue weighted by Gasteiger charge is -2.22. The van der Waals surface area contributed by atoms with Crippen LogP contribution in [-0.4, -0.2) is 39.0 Å². The van der Waals surface area contributed by atoms with Gasteiger partial charge in [0.1, 0.15) is 19.1 Å². The Morgan fingerprint density at radius 2 is 1.60 bits per heavy atom. The van der Waals surface area contributed by atoms with Gasteiger partial charge in [0.15, 0.2) is 0 Å². The Morgan fingerprint density at radius 3 is 2.15 bits per heavy atom. The second-order valence-electron chi connectivity index (χ2n) is 5.01. The van der Waals surface area contributed by atoms with Crippen LogP contribution in [0.15, 0.2) is 36.7 Å². The minimum Gasteiger partial charge on any atom is -0.369 e. The summed E-state index contributed by atoms with van der Waals surface area (Å²) in [5.74, 6) is 0. The quantitative estimate of drug-likeness (QED) is 0.449. The maximum Gasteiger partial charge on any atom is 0.126 e. The standard InChI is InChI=1S/C16H22N4/c1-13(17(3)4)16-10-8-12-20(16)19(6)14(2)15-9-7-11-18(15)5/h7-12H,3,6H2,1-2,4-5H3. The zero-order valence-corrected chi connectivity index (χ0v) is 12.7. The molecule has 2 rings (SSSR count). The molecule has 0 radical (unpaired) electrons. The van der Waals surface area contributed by atoms with Gasteiger partial charge in [0.25, 0.3) is 0 Å². The SMILES string of the molecule is C=[N+](C)[C-](C)c1cccn1[N+](=C)[C-](C)c1cccn1C. The number of aromatic nitrogens is 2. The summed E-state index contributed by atoms with van der Waals surface area (Å²) in [6, 6.07) is 10.4. The Bertz CT molecular complexity index is 632. The lowest BCUT2D eigenvalue weighted by molar-refractivity contribution is -0.563. The fraction of sp³-hybridized carbons (Fsp3) is 0.250. The molecule has 4 nitrogen and oxygen atoms in total. The van der Waals surface area contributed by atoms with Crippen molar-refractivity contribution in [2.45, 2.75) is 13.8 Å². The number of rotatable bonds is 5. The Morgan fingerprint density at radius 1 is 1.00 bits per heavy atom. The first-order valence-corrected chi connectivity index (χ1v) is 6.55. The monoisotopic (exact) mass is 270 g/mol. The lowest BCUT2D eigenvalue weighted by Crippen LogP contribution is -2.26. The molecule has 0 fully saturated rings. The summed E-state index contributed by atoms with van der Waals surface area (Å²) in [5, 5.41) is 0. The van der Waals surface area contributed by atoms with Crippen molar-refractivity contribution in [3.8, 4) is 0 Å². The number of nitrogens with zero attached hydrogens (tertiary/aromatic N) is 4. The smallest absolute Gasteiger partial charge is 0.126 e. The molecular formula is C16H22N4. The molecular weight excluding hydrogens is 248 g/mol. The highest BCUT2D eigenvalue weighted by Gasteiger charge is 2.18. The Hall–Kier alpha value is -2.36. The van der Waals surface area contributed by atoms with E-state index in [4.69, 9.17) is 0 Å². The Balaban J connectivity index is 2.33. The molecule has 106 valence electrons. The van der Waals surface area contributed by atoms with Gasteiger partial charge < -0.3 is 9.14 Å². The molecule has 20 heavy (non-hydrogen) atoms. The van der Waals surface area contributed by atoms with E-state index in [1.165, 1.54) is 0 Å². The third-order valence-electron chi connectivity index (χ3n) is 3.63. The third kappa shape index (κ3) is 2.37. The summed E-state index contributed by atoms with van der Waals surface area (Å²) in [4.78, 5) is 0. The van der Waals surface area contributed by atoms with E-state index in [2.05, 4.69) is 37.1 Å². The zero-order chi connectivity index (χ0) is 14.9. The molecule has 0 unspecified atom stereocenters. The molecule has 2 aromatic heterocycles. The Labute approximate surface area is 120 Å². The van der Waals surface area contributed by atoms with Crippen molar-refractivity contribution in [3.05, 3.63) is 60.1 Å². The lowest BCUT2D eigenvalue weighted by atomic mass is 10.2. The summed E-state index contributed by atoms with van der Waals surface area (Å²) in [7, 11) is 3.97. The van der Waals surface area contributed by atoms with Crippen molar-refractivity contribution in [1.82, 2.24) is 9.24 Å². The molecule has 0 aliphatic rings. The van der Waals surface area contributed by atoms with E-state index in [0.29, 0.717) is 0 Å². The van der Waals surface area contributed by atoms with Crippen LogP contribution in [0.25, 0.3) is 0 Å². The van der Waals surface area contributed by atoms with Gasteiger partial charge in [-0.05, 0) is 20.0 Å². The van der Waals surface area contributed by atoms with Crippen LogP contribution < -0.4 is 0 Å². The van der Waals surface area contributed by atoms with E-state index >= 15 is 0 Å². The molecule has 0 spiro atoms. The molecule has 2 aromatic rings. The summed E-state index contributed by atoms with van der Waals surface area (Å²) in [6.07, 6.45) is 4.03. The van der Waals surface area contributed by atoms with Crippen molar-refractivity contribution >= 4 is 13.4 Å². The highest BCUT2D eigenvalue weighted by molar-refractivity contribution is 5.26. The average molecular weight is 270 g/mol. The molecule has 0 aliphatic heterocycles. The molecule has 2 heterocycles. The minimum atomic E-state index is 1.08.